The van der Waals surface area contributed by atoms with E-state index in [0.717, 1.165) is 19.3 Å². The number of amides is 3. The predicted molar refractivity (Wildman–Crippen MR) is 91.6 cm³/mol. The quantitative estimate of drug-likeness (QED) is 0.836. The standard InChI is InChI=1S/C18H31N3O3/c1-13-5-3-6-15(14(13)2)19-18(23)21-10-8-20(9-11-21)17(22)16-7-4-12-24-16/h13-16H,3-12H2,1-2H3,(H,19,23)/t13-,14+,15+,16-/m1/s1. The maximum Gasteiger partial charge on any atom is 0.317 e. The topological polar surface area (TPSA) is 61.9 Å². The Kier molecular flexibility index (Phi) is 5.64. The van der Waals surface area contributed by atoms with E-state index < -0.39 is 0 Å². The van der Waals surface area contributed by atoms with Gasteiger partial charge >= 0.3 is 6.03 Å². The van der Waals surface area contributed by atoms with Crippen LogP contribution in [0.3, 0.4) is 0 Å². The smallest absolute Gasteiger partial charge is 0.317 e. The summed E-state index contributed by atoms with van der Waals surface area (Å²) in [7, 11) is 0. The SMILES string of the molecule is C[C@H]1[C@H](C)CCC[C@@H]1NC(=O)N1CCN(C(=O)[C@H]2CCCO2)CC1. The summed E-state index contributed by atoms with van der Waals surface area (Å²) in [6.07, 6.45) is 5.08. The van der Waals surface area contributed by atoms with Gasteiger partial charge in [0.15, 0.2) is 0 Å². The van der Waals surface area contributed by atoms with Gasteiger partial charge in [-0.3, -0.25) is 4.79 Å². The Morgan fingerprint density at radius 1 is 0.958 bits per heavy atom. The van der Waals surface area contributed by atoms with E-state index in [1.165, 1.54) is 12.8 Å². The lowest BCUT2D eigenvalue weighted by molar-refractivity contribution is -0.142. The van der Waals surface area contributed by atoms with Crippen molar-refractivity contribution in [2.75, 3.05) is 32.8 Å². The van der Waals surface area contributed by atoms with Gasteiger partial charge in [0.1, 0.15) is 6.10 Å². The van der Waals surface area contributed by atoms with Crippen molar-refractivity contribution in [3.05, 3.63) is 0 Å². The Hall–Kier alpha value is -1.30. The van der Waals surface area contributed by atoms with E-state index >= 15 is 0 Å². The molecule has 3 aliphatic rings. The molecule has 2 saturated heterocycles. The van der Waals surface area contributed by atoms with Gasteiger partial charge < -0.3 is 19.9 Å². The van der Waals surface area contributed by atoms with Gasteiger partial charge in [-0.25, -0.2) is 4.79 Å². The summed E-state index contributed by atoms with van der Waals surface area (Å²) in [5.41, 5.74) is 0. The molecule has 0 aromatic carbocycles. The summed E-state index contributed by atoms with van der Waals surface area (Å²) in [5.74, 6) is 1.30. The van der Waals surface area contributed by atoms with Gasteiger partial charge in [0.05, 0.1) is 0 Å². The van der Waals surface area contributed by atoms with Gasteiger partial charge in [-0.2, -0.15) is 0 Å². The van der Waals surface area contributed by atoms with E-state index in [1.807, 2.05) is 9.80 Å². The van der Waals surface area contributed by atoms with Crippen LogP contribution in [0.4, 0.5) is 4.79 Å². The Balaban J connectivity index is 1.45. The lowest BCUT2D eigenvalue weighted by Gasteiger charge is -2.39. The van der Waals surface area contributed by atoms with Crippen molar-refractivity contribution in [1.82, 2.24) is 15.1 Å². The average molecular weight is 337 g/mol. The van der Waals surface area contributed by atoms with Gasteiger partial charge in [0.2, 0.25) is 0 Å². The monoisotopic (exact) mass is 337 g/mol. The van der Waals surface area contributed by atoms with Crippen molar-refractivity contribution in [2.45, 2.75) is 58.1 Å². The van der Waals surface area contributed by atoms with Gasteiger partial charge in [0, 0.05) is 38.8 Å². The molecule has 2 aliphatic heterocycles. The van der Waals surface area contributed by atoms with E-state index in [1.54, 1.807) is 0 Å². The van der Waals surface area contributed by atoms with Crippen LogP contribution in [0.1, 0.15) is 46.0 Å². The molecule has 0 spiro atoms. The van der Waals surface area contributed by atoms with Crippen LogP contribution in [0, 0.1) is 11.8 Å². The fraction of sp³-hybridized carbons (Fsp3) is 0.889. The maximum absolute atomic E-state index is 12.5. The van der Waals surface area contributed by atoms with Crippen LogP contribution in [0.5, 0.6) is 0 Å². The molecule has 6 nitrogen and oxygen atoms in total. The first-order valence-corrected chi connectivity index (χ1v) is 9.52. The molecule has 3 rings (SSSR count). The fourth-order valence-electron chi connectivity index (χ4n) is 4.14. The van der Waals surface area contributed by atoms with Crippen LogP contribution in [0.2, 0.25) is 0 Å². The van der Waals surface area contributed by atoms with Crippen molar-refractivity contribution < 1.29 is 14.3 Å². The molecular formula is C18H31N3O3. The van der Waals surface area contributed by atoms with Gasteiger partial charge in [0.25, 0.3) is 5.91 Å². The number of hydrogen-bond donors (Lipinski definition) is 1. The number of ether oxygens (including phenoxy) is 1. The molecule has 0 aromatic heterocycles. The second-order valence-electron chi connectivity index (χ2n) is 7.64. The van der Waals surface area contributed by atoms with Crippen LogP contribution in [-0.2, 0) is 9.53 Å². The van der Waals surface area contributed by atoms with Gasteiger partial charge in [-0.1, -0.05) is 26.7 Å². The second kappa shape index (κ2) is 7.72. The fourth-order valence-corrected chi connectivity index (χ4v) is 4.14. The Bertz CT molecular complexity index is 456. The van der Waals surface area contributed by atoms with Crippen molar-refractivity contribution in [2.24, 2.45) is 11.8 Å². The van der Waals surface area contributed by atoms with E-state index in [0.29, 0.717) is 44.6 Å². The first kappa shape index (κ1) is 17.5. The molecular weight excluding hydrogens is 306 g/mol. The normalized spacial score (nSPS) is 34.2. The molecule has 0 radical (unpaired) electrons. The maximum atomic E-state index is 12.5. The Labute approximate surface area is 144 Å². The van der Waals surface area contributed by atoms with Crippen molar-refractivity contribution in [1.29, 1.82) is 0 Å². The molecule has 4 atom stereocenters. The molecule has 2 heterocycles. The lowest BCUT2D eigenvalue weighted by atomic mass is 9.78. The minimum atomic E-state index is -0.255. The average Bonchev–Trinajstić information content (AvgIpc) is 3.13. The Morgan fingerprint density at radius 2 is 1.67 bits per heavy atom. The van der Waals surface area contributed by atoms with Crippen LogP contribution >= 0.6 is 0 Å². The Morgan fingerprint density at radius 3 is 2.33 bits per heavy atom. The van der Waals surface area contributed by atoms with E-state index in [4.69, 9.17) is 4.74 Å². The molecule has 6 heteroatoms. The predicted octanol–water partition coefficient (Wildman–Crippen LogP) is 1.84. The highest BCUT2D eigenvalue weighted by Gasteiger charge is 2.33. The number of hydrogen-bond acceptors (Lipinski definition) is 3. The number of urea groups is 1. The number of carbonyl (C=O) groups excluding carboxylic acids is 2. The van der Waals surface area contributed by atoms with Crippen molar-refractivity contribution in [3.63, 3.8) is 0 Å². The highest BCUT2D eigenvalue weighted by atomic mass is 16.5. The largest absolute Gasteiger partial charge is 0.368 e. The third-order valence-electron chi connectivity index (χ3n) is 6.10. The molecule has 0 aromatic rings. The van der Waals surface area contributed by atoms with Gasteiger partial charge in [-0.15, -0.1) is 0 Å². The zero-order valence-electron chi connectivity index (χ0n) is 15.0. The summed E-state index contributed by atoms with van der Waals surface area (Å²) in [6, 6.07) is 0.318. The minimum Gasteiger partial charge on any atom is -0.368 e. The van der Waals surface area contributed by atoms with Crippen LogP contribution in [0.15, 0.2) is 0 Å². The summed E-state index contributed by atoms with van der Waals surface area (Å²) in [6.45, 7) is 7.66. The zero-order chi connectivity index (χ0) is 17.1. The molecule has 1 N–H and O–H groups in total. The summed E-state index contributed by atoms with van der Waals surface area (Å²) in [4.78, 5) is 28.6. The first-order chi connectivity index (χ1) is 11.6. The summed E-state index contributed by atoms with van der Waals surface area (Å²) < 4.78 is 5.48. The second-order valence-corrected chi connectivity index (χ2v) is 7.64. The molecule has 3 fully saturated rings. The van der Waals surface area contributed by atoms with E-state index in [9.17, 15) is 9.59 Å². The number of nitrogens with one attached hydrogen (secondary N) is 1. The lowest BCUT2D eigenvalue weighted by Crippen LogP contribution is -2.57. The highest BCUT2D eigenvalue weighted by Crippen LogP contribution is 2.29. The van der Waals surface area contributed by atoms with E-state index in [-0.39, 0.29) is 24.1 Å². The minimum absolute atomic E-state index is 0.0326. The summed E-state index contributed by atoms with van der Waals surface area (Å²) in [5, 5.41) is 3.23. The number of piperazine rings is 1. The first-order valence-electron chi connectivity index (χ1n) is 9.52. The van der Waals surface area contributed by atoms with Crippen molar-refractivity contribution in [3.8, 4) is 0 Å². The van der Waals surface area contributed by atoms with Crippen LogP contribution in [-0.4, -0.2) is 66.7 Å². The molecule has 1 saturated carbocycles. The van der Waals surface area contributed by atoms with Crippen LogP contribution in [0.25, 0.3) is 0 Å². The highest BCUT2D eigenvalue weighted by molar-refractivity contribution is 5.81. The third-order valence-corrected chi connectivity index (χ3v) is 6.10. The molecule has 0 unspecified atom stereocenters. The zero-order valence-corrected chi connectivity index (χ0v) is 15.0. The molecule has 0 bridgehead atoms. The molecule has 24 heavy (non-hydrogen) atoms. The third kappa shape index (κ3) is 3.85. The molecule has 136 valence electrons. The van der Waals surface area contributed by atoms with Crippen molar-refractivity contribution >= 4 is 11.9 Å². The molecule has 1 aliphatic carbocycles. The number of carbonyl (C=O) groups is 2. The number of nitrogens with zero attached hydrogens (tertiary/aromatic N) is 2. The summed E-state index contributed by atoms with van der Waals surface area (Å²) >= 11 is 0. The van der Waals surface area contributed by atoms with E-state index in [2.05, 4.69) is 19.2 Å². The number of rotatable bonds is 2. The molecule has 3 amide bonds. The van der Waals surface area contributed by atoms with Gasteiger partial charge in [-0.05, 0) is 31.1 Å². The van der Waals surface area contributed by atoms with Crippen LogP contribution < -0.4 is 5.32 Å².